The molecular formula is C17H17BrN2O4. The summed E-state index contributed by atoms with van der Waals surface area (Å²) in [5, 5.41) is 2.67. The predicted molar refractivity (Wildman–Crippen MR) is 93.1 cm³/mol. The second-order valence-electron chi connectivity index (χ2n) is 5.32. The third-order valence-electron chi connectivity index (χ3n) is 3.39. The summed E-state index contributed by atoms with van der Waals surface area (Å²) in [6.45, 7) is 2.90. The number of nitrogens with zero attached hydrogens (tertiary/aromatic N) is 1. The third kappa shape index (κ3) is 4.32. The Morgan fingerprint density at radius 3 is 2.38 bits per heavy atom. The molecule has 1 N–H and O–H groups in total. The monoisotopic (exact) mass is 392 g/mol. The first-order valence-corrected chi connectivity index (χ1v) is 8.02. The number of carbonyl (C=O) groups is 3. The molecule has 2 rings (SSSR count). The van der Waals surface area contributed by atoms with E-state index in [0.29, 0.717) is 11.3 Å². The minimum Gasteiger partial charge on any atom is -0.448 e. The standard InChI is InChI=1S/C17H17BrN2O4/c1-10(21)12-8-15(20(3)9-12)17(23)24-11(2)16(22)19-14-6-4-13(18)5-7-14/h4-9,11H,1-3H3,(H,19,22)/t11-/m0/s1. The highest BCUT2D eigenvalue weighted by Crippen LogP contribution is 2.15. The van der Waals surface area contributed by atoms with Gasteiger partial charge in [-0.1, -0.05) is 15.9 Å². The zero-order chi connectivity index (χ0) is 17.9. The van der Waals surface area contributed by atoms with Crippen LogP contribution in [0.1, 0.15) is 34.7 Å². The zero-order valence-corrected chi connectivity index (χ0v) is 15.1. The Kier molecular flexibility index (Phi) is 5.56. The van der Waals surface area contributed by atoms with E-state index in [4.69, 9.17) is 4.74 Å². The van der Waals surface area contributed by atoms with Crippen molar-refractivity contribution in [2.75, 3.05) is 5.32 Å². The molecule has 1 heterocycles. The Labute approximate surface area is 147 Å². The Morgan fingerprint density at radius 1 is 1.21 bits per heavy atom. The average molecular weight is 393 g/mol. The number of anilines is 1. The molecule has 1 amide bonds. The summed E-state index contributed by atoms with van der Waals surface area (Å²) in [5.74, 6) is -1.25. The largest absolute Gasteiger partial charge is 0.448 e. The summed E-state index contributed by atoms with van der Waals surface area (Å²) >= 11 is 3.31. The molecule has 0 aliphatic carbocycles. The van der Waals surface area contributed by atoms with Crippen LogP contribution in [0.15, 0.2) is 41.0 Å². The second-order valence-corrected chi connectivity index (χ2v) is 6.24. The molecule has 0 bridgehead atoms. The maximum Gasteiger partial charge on any atom is 0.355 e. The molecular weight excluding hydrogens is 376 g/mol. The third-order valence-corrected chi connectivity index (χ3v) is 3.91. The van der Waals surface area contributed by atoms with Gasteiger partial charge in [0.15, 0.2) is 11.9 Å². The molecule has 0 fully saturated rings. The molecule has 1 aromatic heterocycles. The summed E-state index contributed by atoms with van der Waals surface area (Å²) in [5.41, 5.74) is 1.23. The van der Waals surface area contributed by atoms with Crippen molar-refractivity contribution in [3.05, 3.63) is 52.3 Å². The van der Waals surface area contributed by atoms with Crippen LogP contribution >= 0.6 is 15.9 Å². The number of ketones is 1. The number of carbonyl (C=O) groups excluding carboxylic acids is 3. The molecule has 0 saturated heterocycles. The minimum atomic E-state index is -0.975. The molecule has 24 heavy (non-hydrogen) atoms. The van der Waals surface area contributed by atoms with Gasteiger partial charge in [-0.3, -0.25) is 9.59 Å². The Morgan fingerprint density at radius 2 is 1.83 bits per heavy atom. The number of amides is 1. The molecule has 1 aromatic carbocycles. The number of nitrogens with one attached hydrogen (secondary N) is 1. The van der Waals surface area contributed by atoms with E-state index < -0.39 is 18.0 Å². The Hall–Kier alpha value is -2.41. The maximum atomic E-state index is 12.2. The molecule has 0 radical (unpaired) electrons. The van der Waals surface area contributed by atoms with Gasteiger partial charge in [0.2, 0.25) is 0 Å². The normalized spacial score (nSPS) is 11.7. The number of Topliss-reactive ketones (excluding diaryl/α,β-unsaturated/α-hetero) is 1. The molecule has 7 heteroatoms. The summed E-state index contributed by atoms with van der Waals surface area (Å²) in [4.78, 5) is 35.6. The molecule has 1 atom stereocenters. The van der Waals surface area contributed by atoms with E-state index in [1.54, 1.807) is 37.5 Å². The van der Waals surface area contributed by atoms with Gasteiger partial charge in [0.05, 0.1) is 0 Å². The quantitative estimate of drug-likeness (QED) is 0.625. The Balaban J connectivity index is 2.01. The number of hydrogen-bond acceptors (Lipinski definition) is 4. The van der Waals surface area contributed by atoms with Crippen molar-refractivity contribution in [2.24, 2.45) is 7.05 Å². The topological polar surface area (TPSA) is 77.4 Å². The van der Waals surface area contributed by atoms with Crippen LogP contribution in [0.3, 0.4) is 0 Å². The fraction of sp³-hybridized carbons (Fsp3) is 0.235. The van der Waals surface area contributed by atoms with Crippen LogP contribution in [0.2, 0.25) is 0 Å². The van der Waals surface area contributed by atoms with Crippen molar-refractivity contribution in [1.82, 2.24) is 4.57 Å². The number of hydrogen-bond donors (Lipinski definition) is 1. The van der Waals surface area contributed by atoms with Crippen molar-refractivity contribution in [1.29, 1.82) is 0 Å². The number of ether oxygens (including phenoxy) is 1. The lowest BCUT2D eigenvalue weighted by atomic mass is 10.2. The first-order valence-electron chi connectivity index (χ1n) is 7.22. The molecule has 0 unspecified atom stereocenters. The van der Waals surface area contributed by atoms with Gasteiger partial charge in [0, 0.05) is 29.0 Å². The number of halogens is 1. The van der Waals surface area contributed by atoms with Crippen LogP contribution in [0.4, 0.5) is 5.69 Å². The summed E-state index contributed by atoms with van der Waals surface area (Å²) in [6, 6.07) is 8.49. The highest BCUT2D eigenvalue weighted by atomic mass is 79.9. The van der Waals surface area contributed by atoms with E-state index in [9.17, 15) is 14.4 Å². The molecule has 0 aliphatic rings. The fourth-order valence-electron chi connectivity index (χ4n) is 2.01. The molecule has 0 aliphatic heterocycles. The van der Waals surface area contributed by atoms with Gasteiger partial charge in [-0.15, -0.1) is 0 Å². The second kappa shape index (κ2) is 7.44. The van der Waals surface area contributed by atoms with Gasteiger partial charge in [0.1, 0.15) is 5.69 Å². The van der Waals surface area contributed by atoms with Gasteiger partial charge < -0.3 is 14.6 Å². The van der Waals surface area contributed by atoms with Gasteiger partial charge in [0.25, 0.3) is 5.91 Å². The van der Waals surface area contributed by atoms with E-state index in [2.05, 4.69) is 21.2 Å². The minimum absolute atomic E-state index is 0.148. The molecule has 0 saturated carbocycles. The van der Waals surface area contributed by atoms with Crippen LogP contribution in [0.5, 0.6) is 0 Å². The number of rotatable bonds is 5. The molecule has 126 valence electrons. The molecule has 0 spiro atoms. The van der Waals surface area contributed by atoms with E-state index in [0.717, 1.165) is 4.47 Å². The van der Waals surface area contributed by atoms with Gasteiger partial charge in [-0.2, -0.15) is 0 Å². The number of aryl methyl sites for hydroxylation is 1. The van der Waals surface area contributed by atoms with E-state index >= 15 is 0 Å². The summed E-state index contributed by atoms with van der Waals surface area (Å²) < 4.78 is 7.57. The smallest absolute Gasteiger partial charge is 0.355 e. The lowest BCUT2D eigenvalue weighted by Crippen LogP contribution is -2.30. The lowest BCUT2D eigenvalue weighted by molar-refractivity contribution is -0.123. The first kappa shape index (κ1) is 17.9. The zero-order valence-electron chi connectivity index (χ0n) is 13.5. The molecule has 2 aromatic rings. The highest BCUT2D eigenvalue weighted by molar-refractivity contribution is 9.10. The van der Waals surface area contributed by atoms with Gasteiger partial charge in [-0.05, 0) is 44.2 Å². The van der Waals surface area contributed by atoms with E-state index in [1.165, 1.54) is 24.5 Å². The van der Waals surface area contributed by atoms with Crippen LogP contribution in [0.25, 0.3) is 0 Å². The van der Waals surface area contributed by atoms with Crippen LogP contribution < -0.4 is 5.32 Å². The maximum absolute atomic E-state index is 12.2. The molecule has 6 nitrogen and oxygen atoms in total. The van der Waals surface area contributed by atoms with Crippen molar-refractivity contribution >= 4 is 39.3 Å². The average Bonchev–Trinajstić information content (AvgIpc) is 2.91. The van der Waals surface area contributed by atoms with E-state index in [1.807, 2.05) is 0 Å². The first-order chi connectivity index (χ1) is 11.3. The van der Waals surface area contributed by atoms with Crippen molar-refractivity contribution < 1.29 is 19.1 Å². The highest BCUT2D eigenvalue weighted by Gasteiger charge is 2.21. The summed E-state index contributed by atoms with van der Waals surface area (Å²) in [7, 11) is 1.63. The van der Waals surface area contributed by atoms with E-state index in [-0.39, 0.29) is 11.5 Å². The Bertz CT molecular complexity index is 780. The van der Waals surface area contributed by atoms with Crippen molar-refractivity contribution in [2.45, 2.75) is 20.0 Å². The van der Waals surface area contributed by atoms with Crippen molar-refractivity contribution in [3.63, 3.8) is 0 Å². The predicted octanol–water partition coefficient (Wildman–Crippen LogP) is 3.17. The van der Waals surface area contributed by atoms with Crippen molar-refractivity contribution in [3.8, 4) is 0 Å². The summed E-state index contributed by atoms with van der Waals surface area (Å²) in [6.07, 6.45) is 0.572. The number of aromatic nitrogens is 1. The van der Waals surface area contributed by atoms with Crippen LogP contribution in [0, 0.1) is 0 Å². The van der Waals surface area contributed by atoms with Crippen LogP contribution in [-0.2, 0) is 16.6 Å². The lowest BCUT2D eigenvalue weighted by Gasteiger charge is -2.13. The van der Waals surface area contributed by atoms with Gasteiger partial charge >= 0.3 is 5.97 Å². The number of esters is 1. The SMILES string of the molecule is CC(=O)c1cc(C(=O)O[C@@H](C)C(=O)Nc2ccc(Br)cc2)n(C)c1. The fourth-order valence-corrected chi connectivity index (χ4v) is 2.28. The van der Waals surface area contributed by atoms with Crippen LogP contribution in [-0.4, -0.2) is 28.3 Å². The number of benzene rings is 1. The van der Waals surface area contributed by atoms with Gasteiger partial charge in [-0.25, -0.2) is 4.79 Å².